The highest BCUT2D eigenvalue weighted by Crippen LogP contribution is 2.52. The Balaban J connectivity index is 0.000000817. The summed E-state index contributed by atoms with van der Waals surface area (Å²) in [7, 11) is 1.28. The molecule has 2 saturated heterocycles. The molecular formula is C18H21F2NO6. The molecule has 0 radical (unpaired) electrons. The van der Waals surface area contributed by atoms with Crippen molar-refractivity contribution in [2.45, 2.75) is 44.7 Å². The van der Waals surface area contributed by atoms with Gasteiger partial charge in [-0.15, -0.1) is 0 Å². The highest BCUT2D eigenvalue weighted by Gasteiger charge is 2.60. The number of carbonyl (C=O) groups excluding carboxylic acids is 1. The number of benzene rings is 1. The number of fused-ring (bicyclic) bond motifs is 2. The molecule has 2 fully saturated rings. The maximum atomic E-state index is 14.2. The number of ether oxygens (including phenoxy) is 1. The van der Waals surface area contributed by atoms with Crippen LogP contribution in [0.2, 0.25) is 0 Å². The predicted molar refractivity (Wildman–Crippen MR) is 89.6 cm³/mol. The standard InChI is InChI=1S/C17H19F2NO4.CH2O2/c1-3-17(16(22)23)8-9-4-5-13(17)20(9)15(21)14-11(18)6-10(24-2)7-12(14)19;2-1-3/h6-7,9,13H,3-5,8H2,1-2H3,(H,22,23);1H,(H,2,3)/t9-,13+,17+;/m0./s1. The molecule has 1 aromatic rings. The zero-order chi connectivity index (χ0) is 20.4. The van der Waals surface area contributed by atoms with Crippen molar-refractivity contribution in [2.75, 3.05) is 7.11 Å². The molecule has 2 aliphatic heterocycles. The number of halogens is 2. The van der Waals surface area contributed by atoms with Crippen LogP contribution >= 0.6 is 0 Å². The first-order valence-electron chi connectivity index (χ1n) is 8.44. The van der Waals surface area contributed by atoms with Crippen LogP contribution in [-0.4, -0.2) is 52.7 Å². The fourth-order valence-electron chi connectivity index (χ4n) is 4.25. The summed E-state index contributed by atoms with van der Waals surface area (Å²) in [5.74, 6) is -3.75. The number of nitrogens with zero attached hydrogens (tertiary/aromatic N) is 1. The van der Waals surface area contributed by atoms with Crippen molar-refractivity contribution in [3.8, 4) is 5.75 Å². The third kappa shape index (κ3) is 3.33. The Morgan fingerprint density at radius 1 is 1.33 bits per heavy atom. The van der Waals surface area contributed by atoms with Gasteiger partial charge in [-0.25, -0.2) is 8.78 Å². The Morgan fingerprint density at radius 2 is 1.89 bits per heavy atom. The molecule has 2 heterocycles. The van der Waals surface area contributed by atoms with Crippen LogP contribution < -0.4 is 4.74 Å². The van der Waals surface area contributed by atoms with E-state index >= 15 is 0 Å². The predicted octanol–water partition coefficient (Wildman–Crippen LogP) is 2.53. The van der Waals surface area contributed by atoms with E-state index in [1.807, 2.05) is 0 Å². The molecule has 0 saturated carbocycles. The third-order valence-corrected chi connectivity index (χ3v) is 5.50. The van der Waals surface area contributed by atoms with Crippen LogP contribution in [0.25, 0.3) is 0 Å². The summed E-state index contributed by atoms with van der Waals surface area (Å²) < 4.78 is 33.2. The number of hydrogen-bond donors (Lipinski definition) is 2. The van der Waals surface area contributed by atoms with E-state index in [4.69, 9.17) is 14.6 Å². The maximum absolute atomic E-state index is 14.2. The minimum atomic E-state index is -1.03. The maximum Gasteiger partial charge on any atom is 0.311 e. The Kier molecular flexibility index (Phi) is 6.02. The molecule has 0 unspecified atom stereocenters. The summed E-state index contributed by atoms with van der Waals surface area (Å²) in [4.78, 5) is 34.3. The SMILES string of the molecule is CC[C@@]1(C(=O)O)C[C@@H]2CC[C@H]1N2C(=O)c1c(F)cc(OC)cc1F.O=CO. The minimum Gasteiger partial charge on any atom is -0.497 e. The van der Waals surface area contributed by atoms with Crippen molar-refractivity contribution in [2.24, 2.45) is 5.41 Å². The number of carbonyl (C=O) groups is 3. The Morgan fingerprint density at radius 3 is 2.30 bits per heavy atom. The van der Waals surface area contributed by atoms with Crippen molar-refractivity contribution in [3.63, 3.8) is 0 Å². The number of carboxylic acids is 1. The lowest BCUT2D eigenvalue weighted by Crippen LogP contribution is -2.45. The minimum absolute atomic E-state index is 0.0145. The quantitative estimate of drug-likeness (QED) is 0.772. The first kappa shape index (κ1) is 20.6. The van der Waals surface area contributed by atoms with Gasteiger partial charge < -0.3 is 19.8 Å². The van der Waals surface area contributed by atoms with Gasteiger partial charge in [0.25, 0.3) is 12.4 Å². The van der Waals surface area contributed by atoms with E-state index in [-0.39, 0.29) is 18.3 Å². The lowest BCUT2D eigenvalue weighted by molar-refractivity contribution is -0.151. The fourth-order valence-corrected chi connectivity index (χ4v) is 4.25. The Labute approximate surface area is 154 Å². The van der Waals surface area contributed by atoms with Crippen LogP contribution in [0.15, 0.2) is 12.1 Å². The molecule has 2 N–H and O–H groups in total. The average molecular weight is 385 g/mol. The second-order valence-electron chi connectivity index (χ2n) is 6.55. The lowest BCUT2D eigenvalue weighted by atomic mass is 9.72. The van der Waals surface area contributed by atoms with Gasteiger partial charge in [0.15, 0.2) is 0 Å². The van der Waals surface area contributed by atoms with Gasteiger partial charge in [-0.3, -0.25) is 14.4 Å². The van der Waals surface area contributed by atoms with Crippen LogP contribution in [-0.2, 0) is 9.59 Å². The second-order valence-corrected chi connectivity index (χ2v) is 6.55. The second kappa shape index (κ2) is 7.89. The molecule has 2 bridgehead atoms. The van der Waals surface area contributed by atoms with Gasteiger partial charge in [-0.1, -0.05) is 6.92 Å². The number of methoxy groups -OCH3 is 1. The highest BCUT2D eigenvalue weighted by atomic mass is 19.1. The van der Waals surface area contributed by atoms with Gasteiger partial charge in [0.05, 0.1) is 12.5 Å². The van der Waals surface area contributed by atoms with Crippen LogP contribution in [0, 0.1) is 17.0 Å². The number of amides is 1. The van der Waals surface area contributed by atoms with E-state index in [1.54, 1.807) is 6.92 Å². The number of carboxylic acid groups (broad SMARTS) is 2. The number of aliphatic carboxylic acids is 1. The number of rotatable bonds is 4. The van der Waals surface area contributed by atoms with E-state index in [9.17, 15) is 23.5 Å². The Hall–Kier alpha value is -2.71. The highest BCUT2D eigenvalue weighted by molar-refractivity contribution is 5.96. The average Bonchev–Trinajstić information content (AvgIpc) is 3.17. The largest absolute Gasteiger partial charge is 0.497 e. The van der Waals surface area contributed by atoms with Gasteiger partial charge in [-0.2, -0.15) is 0 Å². The van der Waals surface area contributed by atoms with E-state index in [0.717, 1.165) is 12.1 Å². The van der Waals surface area contributed by atoms with Crippen LogP contribution in [0.3, 0.4) is 0 Å². The lowest BCUT2D eigenvalue weighted by Gasteiger charge is -2.32. The first-order chi connectivity index (χ1) is 12.8. The van der Waals surface area contributed by atoms with Crippen molar-refractivity contribution < 1.29 is 38.1 Å². The first-order valence-corrected chi connectivity index (χ1v) is 8.44. The van der Waals surface area contributed by atoms with Gasteiger partial charge >= 0.3 is 5.97 Å². The van der Waals surface area contributed by atoms with Gasteiger partial charge in [0, 0.05) is 24.2 Å². The molecular weight excluding hydrogens is 364 g/mol. The summed E-state index contributed by atoms with van der Waals surface area (Å²) in [6.45, 7) is 1.52. The number of hydrogen-bond acceptors (Lipinski definition) is 4. The third-order valence-electron chi connectivity index (χ3n) is 5.50. The summed E-state index contributed by atoms with van der Waals surface area (Å²) in [5.41, 5.74) is -1.68. The molecule has 0 aliphatic carbocycles. The topological polar surface area (TPSA) is 104 Å². The van der Waals surface area contributed by atoms with E-state index in [2.05, 4.69) is 0 Å². The normalized spacial score (nSPS) is 25.6. The van der Waals surface area contributed by atoms with Gasteiger partial charge in [0.1, 0.15) is 22.9 Å². The molecule has 3 rings (SSSR count). The van der Waals surface area contributed by atoms with Crippen LogP contribution in [0.5, 0.6) is 5.75 Å². The van der Waals surface area contributed by atoms with Crippen LogP contribution in [0.1, 0.15) is 43.0 Å². The van der Waals surface area contributed by atoms with Crippen molar-refractivity contribution in [3.05, 3.63) is 29.3 Å². The molecule has 0 spiro atoms. The molecule has 9 heteroatoms. The zero-order valence-electron chi connectivity index (χ0n) is 14.9. The smallest absolute Gasteiger partial charge is 0.311 e. The molecule has 0 aromatic heterocycles. The van der Waals surface area contributed by atoms with Gasteiger partial charge in [-0.05, 0) is 25.7 Å². The van der Waals surface area contributed by atoms with Crippen molar-refractivity contribution >= 4 is 18.3 Å². The zero-order valence-corrected chi connectivity index (χ0v) is 14.9. The van der Waals surface area contributed by atoms with Crippen molar-refractivity contribution in [1.82, 2.24) is 4.90 Å². The van der Waals surface area contributed by atoms with Crippen molar-refractivity contribution in [1.29, 1.82) is 0 Å². The van der Waals surface area contributed by atoms with E-state index < -0.39 is 40.5 Å². The fraction of sp³-hybridized carbons (Fsp3) is 0.500. The molecule has 148 valence electrons. The molecule has 1 aromatic carbocycles. The van der Waals surface area contributed by atoms with E-state index in [0.29, 0.717) is 25.7 Å². The summed E-state index contributed by atoms with van der Waals surface area (Å²) in [6, 6.07) is 1.09. The molecule has 1 amide bonds. The van der Waals surface area contributed by atoms with Gasteiger partial charge in [0.2, 0.25) is 0 Å². The Bertz CT molecular complexity index is 732. The molecule has 2 aliphatic rings. The molecule has 3 atom stereocenters. The monoisotopic (exact) mass is 385 g/mol. The van der Waals surface area contributed by atoms with E-state index in [1.165, 1.54) is 12.0 Å². The van der Waals surface area contributed by atoms with Crippen LogP contribution in [0.4, 0.5) is 8.78 Å². The molecule has 7 nitrogen and oxygen atoms in total. The molecule has 27 heavy (non-hydrogen) atoms. The summed E-state index contributed by atoms with van der Waals surface area (Å²) >= 11 is 0. The summed E-state index contributed by atoms with van der Waals surface area (Å²) in [6.07, 6.45) is 1.90. The summed E-state index contributed by atoms with van der Waals surface area (Å²) in [5, 5.41) is 16.5.